The van der Waals surface area contributed by atoms with Crippen LogP contribution in [0.4, 0.5) is 0 Å². The van der Waals surface area contributed by atoms with E-state index in [-0.39, 0.29) is 0 Å². The van der Waals surface area contributed by atoms with E-state index in [9.17, 15) is 0 Å². The van der Waals surface area contributed by atoms with Gasteiger partial charge >= 0.3 is 0 Å². The van der Waals surface area contributed by atoms with Gasteiger partial charge < -0.3 is 5.32 Å². The van der Waals surface area contributed by atoms with Gasteiger partial charge in [-0.3, -0.25) is 4.68 Å². The Balaban J connectivity index is 2.13. The van der Waals surface area contributed by atoms with Gasteiger partial charge in [-0.05, 0) is 25.5 Å². The molecule has 1 fully saturated rings. The largest absolute Gasteiger partial charge is 0.315 e. The molecule has 4 heteroatoms. The van der Waals surface area contributed by atoms with Crippen molar-refractivity contribution in [2.45, 2.75) is 25.3 Å². The van der Waals surface area contributed by atoms with Crippen LogP contribution in [0.15, 0.2) is 12.3 Å². The van der Waals surface area contributed by atoms with Gasteiger partial charge in [0, 0.05) is 12.7 Å². The van der Waals surface area contributed by atoms with Crippen LogP contribution in [0.1, 0.15) is 24.6 Å². The van der Waals surface area contributed by atoms with E-state index in [1.807, 2.05) is 10.7 Å². The van der Waals surface area contributed by atoms with E-state index in [0.717, 1.165) is 25.2 Å². The van der Waals surface area contributed by atoms with Gasteiger partial charge in [-0.1, -0.05) is 0 Å². The Kier molecular flexibility index (Phi) is 2.80. The summed E-state index contributed by atoms with van der Waals surface area (Å²) in [6.45, 7) is 2.07. The molecule has 0 aromatic carbocycles. The molecule has 2 rings (SSSR count). The Labute approximate surface area is 83.5 Å². The minimum atomic E-state index is 0.432. The molecular formula is C10H14N4. The molecule has 4 nitrogen and oxygen atoms in total. The molecule has 1 aliphatic rings. The van der Waals surface area contributed by atoms with Gasteiger partial charge in [0.25, 0.3) is 0 Å². The Morgan fingerprint density at radius 3 is 3.36 bits per heavy atom. The second-order valence-corrected chi connectivity index (χ2v) is 3.60. The van der Waals surface area contributed by atoms with Gasteiger partial charge in [0.15, 0.2) is 0 Å². The standard InChI is InChI=1S/C10H14N4/c11-5-3-9-4-7-13-14(9)10-2-1-6-12-8-10/h4,7,10,12H,1-3,6,8H2. The molecule has 1 aromatic heterocycles. The van der Waals surface area contributed by atoms with Crippen LogP contribution in [0.2, 0.25) is 0 Å². The lowest BCUT2D eigenvalue weighted by atomic mass is 10.1. The van der Waals surface area contributed by atoms with Crippen molar-refractivity contribution in [1.29, 1.82) is 5.26 Å². The molecule has 0 bridgehead atoms. The summed E-state index contributed by atoms with van der Waals surface area (Å²) < 4.78 is 2.00. The Morgan fingerprint density at radius 1 is 1.71 bits per heavy atom. The number of hydrogen-bond acceptors (Lipinski definition) is 3. The zero-order chi connectivity index (χ0) is 9.80. The third-order valence-corrected chi connectivity index (χ3v) is 2.63. The molecule has 1 unspecified atom stereocenters. The van der Waals surface area contributed by atoms with E-state index in [0.29, 0.717) is 12.5 Å². The predicted molar refractivity (Wildman–Crippen MR) is 52.7 cm³/mol. The summed E-state index contributed by atoms with van der Waals surface area (Å²) in [4.78, 5) is 0. The van der Waals surface area contributed by atoms with E-state index < -0.39 is 0 Å². The van der Waals surface area contributed by atoms with Crippen molar-refractivity contribution >= 4 is 0 Å². The summed E-state index contributed by atoms with van der Waals surface area (Å²) in [6.07, 6.45) is 4.58. The lowest BCUT2D eigenvalue weighted by Crippen LogP contribution is -2.32. The number of rotatable bonds is 2. The fourth-order valence-electron chi connectivity index (χ4n) is 1.93. The summed E-state index contributed by atoms with van der Waals surface area (Å²) in [6, 6.07) is 4.53. The van der Waals surface area contributed by atoms with Crippen LogP contribution in [0, 0.1) is 11.3 Å². The van der Waals surface area contributed by atoms with Crippen LogP contribution in [0.5, 0.6) is 0 Å². The van der Waals surface area contributed by atoms with Gasteiger partial charge in [-0.2, -0.15) is 10.4 Å². The van der Waals surface area contributed by atoms with Gasteiger partial charge in [0.1, 0.15) is 0 Å². The second kappa shape index (κ2) is 4.25. The normalized spacial score (nSPS) is 21.8. The lowest BCUT2D eigenvalue weighted by Gasteiger charge is -2.24. The SMILES string of the molecule is N#CCc1ccnn1C1CCCNC1. The summed E-state index contributed by atoms with van der Waals surface area (Å²) in [5.74, 6) is 0. The number of hydrogen-bond donors (Lipinski definition) is 1. The third kappa shape index (κ3) is 1.78. The fraction of sp³-hybridized carbons (Fsp3) is 0.600. The number of nitrogens with one attached hydrogen (secondary N) is 1. The average Bonchev–Trinajstić information content (AvgIpc) is 2.68. The minimum absolute atomic E-state index is 0.432. The summed E-state index contributed by atoms with van der Waals surface area (Å²) in [5.41, 5.74) is 1.03. The van der Waals surface area contributed by atoms with Crippen LogP contribution >= 0.6 is 0 Å². The molecule has 0 amide bonds. The predicted octanol–water partition coefficient (Wildman–Crippen LogP) is 0.874. The maximum atomic E-state index is 8.65. The first-order valence-electron chi connectivity index (χ1n) is 5.02. The smallest absolute Gasteiger partial charge is 0.0771 e. The van der Waals surface area contributed by atoms with Crippen LogP contribution in [0.3, 0.4) is 0 Å². The second-order valence-electron chi connectivity index (χ2n) is 3.60. The van der Waals surface area contributed by atoms with Gasteiger partial charge in [0.05, 0.1) is 24.2 Å². The molecule has 1 saturated heterocycles. The highest BCUT2D eigenvalue weighted by Crippen LogP contribution is 2.17. The molecule has 1 atom stereocenters. The molecule has 0 saturated carbocycles. The number of nitriles is 1. The summed E-state index contributed by atoms with van der Waals surface area (Å²) >= 11 is 0. The van der Waals surface area contributed by atoms with Gasteiger partial charge in [0.2, 0.25) is 0 Å². The number of aromatic nitrogens is 2. The van der Waals surface area contributed by atoms with Crippen molar-refractivity contribution in [2.75, 3.05) is 13.1 Å². The third-order valence-electron chi connectivity index (χ3n) is 2.63. The lowest BCUT2D eigenvalue weighted by molar-refractivity contribution is 0.340. The number of piperidine rings is 1. The zero-order valence-electron chi connectivity index (χ0n) is 8.11. The van der Waals surface area contributed by atoms with Crippen LogP contribution in [0.25, 0.3) is 0 Å². The maximum absolute atomic E-state index is 8.65. The first-order chi connectivity index (χ1) is 6.92. The van der Waals surface area contributed by atoms with Crippen molar-refractivity contribution < 1.29 is 0 Å². The minimum Gasteiger partial charge on any atom is -0.315 e. The van der Waals surface area contributed by atoms with E-state index in [2.05, 4.69) is 16.5 Å². The Bertz CT molecular complexity index is 330. The summed E-state index contributed by atoms with van der Waals surface area (Å²) in [7, 11) is 0. The Hall–Kier alpha value is -1.34. The highest BCUT2D eigenvalue weighted by Gasteiger charge is 2.17. The van der Waals surface area contributed by atoms with E-state index in [1.54, 1.807) is 6.20 Å². The van der Waals surface area contributed by atoms with E-state index in [4.69, 9.17) is 5.26 Å². The summed E-state index contributed by atoms with van der Waals surface area (Å²) in [5, 5.41) is 16.3. The van der Waals surface area contributed by atoms with Crippen LogP contribution in [-0.4, -0.2) is 22.9 Å². The van der Waals surface area contributed by atoms with Crippen LogP contribution in [-0.2, 0) is 6.42 Å². The molecule has 14 heavy (non-hydrogen) atoms. The topological polar surface area (TPSA) is 53.6 Å². The van der Waals surface area contributed by atoms with Crippen molar-refractivity contribution in [3.63, 3.8) is 0 Å². The first-order valence-corrected chi connectivity index (χ1v) is 5.02. The molecule has 74 valence electrons. The molecular weight excluding hydrogens is 176 g/mol. The molecule has 2 heterocycles. The van der Waals surface area contributed by atoms with Gasteiger partial charge in [-0.15, -0.1) is 0 Å². The molecule has 0 aliphatic carbocycles. The van der Waals surface area contributed by atoms with Gasteiger partial charge in [-0.25, -0.2) is 0 Å². The van der Waals surface area contributed by atoms with Crippen LogP contribution < -0.4 is 5.32 Å². The zero-order valence-corrected chi connectivity index (χ0v) is 8.11. The molecule has 0 radical (unpaired) electrons. The highest BCUT2D eigenvalue weighted by atomic mass is 15.3. The quantitative estimate of drug-likeness (QED) is 0.753. The molecule has 1 aromatic rings. The maximum Gasteiger partial charge on any atom is 0.0771 e. The average molecular weight is 190 g/mol. The molecule has 1 aliphatic heterocycles. The number of nitrogens with zero attached hydrogens (tertiary/aromatic N) is 3. The molecule has 1 N–H and O–H groups in total. The highest BCUT2D eigenvalue weighted by molar-refractivity contribution is 5.07. The van der Waals surface area contributed by atoms with E-state index in [1.165, 1.54) is 6.42 Å². The van der Waals surface area contributed by atoms with Crippen molar-refractivity contribution in [2.24, 2.45) is 0 Å². The van der Waals surface area contributed by atoms with Crippen molar-refractivity contribution in [1.82, 2.24) is 15.1 Å². The Morgan fingerprint density at radius 2 is 2.64 bits per heavy atom. The van der Waals surface area contributed by atoms with E-state index >= 15 is 0 Å². The first kappa shape index (κ1) is 9.22. The monoisotopic (exact) mass is 190 g/mol. The fourth-order valence-corrected chi connectivity index (χ4v) is 1.93. The van der Waals surface area contributed by atoms with Crippen molar-refractivity contribution in [3.05, 3.63) is 18.0 Å². The molecule has 0 spiro atoms. The van der Waals surface area contributed by atoms with Crippen molar-refractivity contribution in [3.8, 4) is 6.07 Å².